The van der Waals surface area contributed by atoms with E-state index in [1.807, 2.05) is 69.9 Å². The average molecular weight is 249 g/mol. The van der Waals surface area contributed by atoms with Crippen LogP contribution in [0.1, 0.15) is 34.6 Å². The highest BCUT2D eigenvalue weighted by Gasteiger charge is 2.35. The first-order valence-electron chi connectivity index (χ1n) is 6.32. The Morgan fingerprint density at radius 1 is 1.17 bits per heavy atom. The number of benzene rings is 1. The molecule has 0 aliphatic carbocycles. The first-order chi connectivity index (χ1) is 8.25. The summed E-state index contributed by atoms with van der Waals surface area (Å²) in [5.41, 5.74) is 0.709. The SMILES string of the molecule is CC(C)C(C(=O)O)N(c1ccccc1)C(C)(C)C. The molecule has 18 heavy (non-hydrogen) atoms. The number of hydrogen-bond acceptors (Lipinski definition) is 2. The van der Waals surface area contributed by atoms with Crippen LogP contribution in [-0.2, 0) is 4.79 Å². The van der Waals surface area contributed by atoms with Crippen LogP contribution in [0.4, 0.5) is 5.69 Å². The van der Waals surface area contributed by atoms with Gasteiger partial charge in [0.1, 0.15) is 6.04 Å². The summed E-state index contributed by atoms with van der Waals surface area (Å²) < 4.78 is 0. The summed E-state index contributed by atoms with van der Waals surface area (Å²) in [7, 11) is 0. The van der Waals surface area contributed by atoms with Gasteiger partial charge in [-0.2, -0.15) is 0 Å². The second-order valence-electron chi connectivity index (χ2n) is 5.90. The summed E-state index contributed by atoms with van der Waals surface area (Å²) >= 11 is 0. The maximum absolute atomic E-state index is 11.6. The number of anilines is 1. The minimum Gasteiger partial charge on any atom is -0.480 e. The Hall–Kier alpha value is -1.51. The molecular weight excluding hydrogens is 226 g/mol. The van der Waals surface area contributed by atoms with Gasteiger partial charge < -0.3 is 10.0 Å². The molecule has 1 aromatic carbocycles. The first kappa shape index (κ1) is 14.6. The van der Waals surface area contributed by atoms with E-state index in [1.165, 1.54) is 0 Å². The Morgan fingerprint density at radius 2 is 1.67 bits per heavy atom. The van der Waals surface area contributed by atoms with Gasteiger partial charge in [-0.3, -0.25) is 0 Å². The van der Waals surface area contributed by atoms with E-state index in [0.29, 0.717) is 0 Å². The highest BCUT2D eigenvalue weighted by atomic mass is 16.4. The van der Waals surface area contributed by atoms with E-state index < -0.39 is 12.0 Å². The second-order valence-corrected chi connectivity index (χ2v) is 5.90. The Labute approximate surface area is 109 Å². The Morgan fingerprint density at radius 3 is 2.00 bits per heavy atom. The Bertz CT molecular complexity index is 393. The van der Waals surface area contributed by atoms with E-state index >= 15 is 0 Å². The minimum absolute atomic E-state index is 0.0435. The van der Waals surface area contributed by atoms with Crippen LogP contribution in [0.2, 0.25) is 0 Å². The van der Waals surface area contributed by atoms with Crippen LogP contribution in [0, 0.1) is 5.92 Å². The third-order valence-corrected chi connectivity index (χ3v) is 2.92. The van der Waals surface area contributed by atoms with Crippen LogP contribution in [0.15, 0.2) is 30.3 Å². The third-order valence-electron chi connectivity index (χ3n) is 2.92. The van der Waals surface area contributed by atoms with Crippen molar-refractivity contribution in [3.63, 3.8) is 0 Å². The number of rotatable bonds is 4. The third kappa shape index (κ3) is 3.25. The maximum Gasteiger partial charge on any atom is 0.326 e. The van der Waals surface area contributed by atoms with Crippen LogP contribution in [0.3, 0.4) is 0 Å². The predicted molar refractivity (Wildman–Crippen MR) is 74.9 cm³/mol. The summed E-state index contributed by atoms with van der Waals surface area (Å²) in [5, 5.41) is 9.50. The molecular formula is C15H23NO2. The molecule has 1 rings (SSSR count). The number of aliphatic carboxylic acids is 1. The molecule has 0 aliphatic rings. The lowest BCUT2D eigenvalue weighted by molar-refractivity contribution is -0.140. The zero-order valence-corrected chi connectivity index (χ0v) is 11.8. The van der Waals surface area contributed by atoms with Crippen LogP contribution < -0.4 is 4.90 Å². The summed E-state index contributed by atoms with van der Waals surface area (Å²) in [6.07, 6.45) is 0. The zero-order chi connectivity index (χ0) is 13.9. The van der Waals surface area contributed by atoms with E-state index in [2.05, 4.69) is 0 Å². The van der Waals surface area contributed by atoms with Crippen molar-refractivity contribution in [1.29, 1.82) is 0 Å². The van der Waals surface area contributed by atoms with Crippen LogP contribution in [-0.4, -0.2) is 22.7 Å². The van der Waals surface area contributed by atoms with Gasteiger partial charge >= 0.3 is 5.97 Å². The van der Waals surface area contributed by atoms with E-state index in [1.54, 1.807) is 0 Å². The fourth-order valence-corrected chi connectivity index (χ4v) is 2.25. The normalized spacial score (nSPS) is 13.4. The fraction of sp³-hybridized carbons (Fsp3) is 0.533. The van der Waals surface area contributed by atoms with Crippen molar-refractivity contribution in [3.8, 4) is 0 Å². The maximum atomic E-state index is 11.6. The van der Waals surface area contributed by atoms with Gasteiger partial charge in [0.2, 0.25) is 0 Å². The average Bonchev–Trinajstić information content (AvgIpc) is 2.24. The van der Waals surface area contributed by atoms with Crippen molar-refractivity contribution in [1.82, 2.24) is 0 Å². The van der Waals surface area contributed by atoms with Crippen molar-refractivity contribution in [2.75, 3.05) is 4.90 Å². The summed E-state index contributed by atoms with van der Waals surface area (Å²) in [5.74, 6) is -0.731. The van der Waals surface area contributed by atoms with Crippen molar-refractivity contribution in [3.05, 3.63) is 30.3 Å². The molecule has 0 fully saturated rings. The molecule has 1 aromatic rings. The van der Waals surface area contributed by atoms with Crippen LogP contribution in [0.25, 0.3) is 0 Å². The first-order valence-corrected chi connectivity index (χ1v) is 6.32. The summed E-state index contributed by atoms with van der Waals surface area (Å²) in [4.78, 5) is 13.5. The van der Waals surface area contributed by atoms with Gasteiger partial charge in [-0.1, -0.05) is 32.0 Å². The highest BCUT2D eigenvalue weighted by molar-refractivity contribution is 5.79. The largest absolute Gasteiger partial charge is 0.480 e. The molecule has 0 aromatic heterocycles. The van der Waals surface area contributed by atoms with E-state index in [9.17, 15) is 9.90 Å². The minimum atomic E-state index is -0.774. The molecule has 3 heteroatoms. The van der Waals surface area contributed by atoms with Crippen molar-refractivity contribution < 1.29 is 9.90 Å². The summed E-state index contributed by atoms with van der Waals surface area (Å²) in [6, 6.07) is 9.22. The van der Waals surface area contributed by atoms with Gasteiger partial charge in [0.05, 0.1) is 0 Å². The molecule has 0 spiro atoms. The zero-order valence-electron chi connectivity index (χ0n) is 11.8. The number of carbonyl (C=O) groups is 1. The fourth-order valence-electron chi connectivity index (χ4n) is 2.25. The number of carboxylic acids is 1. The number of nitrogens with zero attached hydrogens (tertiary/aromatic N) is 1. The number of hydrogen-bond donors (Lipinski definition) is 1. The smallest absolute Gasteiger partial charge is 0.326 e. The van der Waals surface area contributed by atoms with E-state index in [-0.39, 0.29) is 11.5 Å². The molecule has 1 atom stereocenters. The molecule has 0 saturated carbocycles. The Balaban J connectivity index is 3.26. The van der Waals surface area contributed by atoms with Gasteiger partial charge in [0, 0.05) is 11.2 Å². The summed E-state index contributed by atoms with van der Waals surface area (Å²) in [6.45, 7) is 10.0. The number of para-hydroxylation sites is 1. The quantitative estimate of drug-likeness (QED) is 0.889. The van der Waals surface area contributed by atoms with Gasteiger partial charge in [-0.15, -0.1) is 0 Å². The van der Waals surface area contributed by atoms with Crippen LogP contribution >= 0.6 is 0 Å². The molecule has 0 aliphatic heterocycles. The van der Waals surface area contributed by atoms with Gasteiger partial charge in [-0.05, 0) is 38.8 Å². The molecule has 0 bridgehead atoms. The molecule has 1 unspecified atom stereocenters. The van der Waals surface area contributed by atoms with Crippen molar-refractivity contribution in [2.24, 2.45) is 5.92 Å². The lowest BCUT2D eigenvalue weighted by Gasteiger charge is -2.43. The second kappa shape index (κ2) is 5.42. The molecule has 0 amide bonds. The molecule has 0 radical (unpaired) electrons. The lowest BCUT2D eigenvalue weighted by Crippen LogP contribution is -2.54. The van der Waals surface area contributed by atoms with Crippen molar-refractivity contribution in [2.45, 2.75) is 46.2 Å². The topological polar surface area (TPSA) is 40.5 Å². The standard InChI is InChI=1S/C15H23NO2/c1-11(2)13(14(17)18)16(15(3,4)5)12-9-7-6-8-10-12/h6-11,13H,1-5H3,(H,17,18). The van der Waals surface area contributed by atoms with Gasteiger partial charge in [0.15, 0.2) is 0 Å². The van der Waals surface area contributed by atoms with Gasteiger partial charge in [-0.25, -0.2) is 4.79 Å². The van der Waals surface area contributed by atoms with E-state index in [0.717, 1.165) is 5.69 Å². The van der Waals surface area contributed by atoms with E-state index in [4.69, 9.17) is 0 Å². The molecule has 0 heterocycles. The van der Waals surface area contributed by atoms with Crippen molar-refractivity contribution >= 4 is 11.7 Å². The molecule has 0 saturated heterocycles. The van der Waals surface area contributed by atoms with Crippen LogP contribution in [0.5, 0.6) is 0 Å². The lowest BCUT2D eigenvalue weighted by atomic mass is 9.94. The van der Waals surface area contributed by atoms with Gasteiger partial charge in [0.25, 0.3) is 0 Å². The molecule has 3 nitrogen and oxygen atoms in total. The number of carboxylic acid groups (broad SMARTS) is 1. The highest BCUT2D eigenvalue weighted by Crippen LogP contribution is 2.29. The molecule has 1 N–H and O–H groups in total. The predicted octanol–water partition coefficient (Wildman–Crippen LogP) is 3.40. The monoisotopic (exact) mass is 249 g/mol. The Kier molecular flexibility index (Phi) is 4.38. The molecule has 100 valence electrons.